The molecule has 2 nitrogen and oxygen atoms in total. The van der Waals surface area contributed by atoms with Crippen LogP contribution in [0.4, 0.5) is 0 Å². The van der Waals surface area contributed by atoms with E-state index in [9.17, 15) is 0 Å². The third kappa shape index (κ3) is 5.40. The summed E-state index contributed by atoms with van der Waals surface area (Å²) in [5.41, 5.74) is 7.05. The molecular formula is C25H38N2SiTi. The third-order valence-corrected chi connectivity index (χ3v) is 10.5. The number of nitrogens with zero attached hydrogens (tertiary/aromatic N) is 1. The molecule has 0 spiro atoms. The first-order valence-corrected chi connectivity index (χ1v) is 14.8. The molecule has 2 aromatic carbocycles. The van der Waals surface area contributed by atoms with Crippen molar-refractivity contribution >= 4 is 22.1 Å². The van der Waals surface area contributed by atoms with Crippen molar-refractivity contribution in [3.63, 3.8) is 0 Å². The first-order valence-electron chi connectivity index (χ1n) is 10.1. The van der Waals surface area contributed by atoms with Crippen LogP contribution in [-0.4, -0.2) is 35.5 Å². The molecule has 156 valence electrons. The van der Waals surface area contributed by atoms with Gasteiger partial charge in [0.2, 0.25) is 0 Å². The summed E-state index contributed by atoms with van der Waals surface area (Å²) in [6.45, 7) is 6.86. The van der Waals surface area contributed by atoms with Gasteiger partial charge in [-0.2, -0.15) is 0 Å². The summed E-state index contributed by atoms with van der Waals surface area (Å²) in [7, 11) is 4.36. The molecule has 0 aromatic heterocycles. The average Bonchev–Trinajstić information content (AvgIpc) is 3.03. The van der Waals surface area contributed by atoms with Gasteiger partial charge in [0.05, 0.1) is 0 Å². The van der Waals surface area contributed by atoms with Crippen LogP contribution in [0, 0.1) is 0 Å². The van der Waals surface area contributed by atoms with E-state index in [0.29, 0.717) is 0 Å². The van der Waals surface area contributed by atoms with E-state index < -0.39 is 16.8 Å². The summed E-state index contributed by atoms with van der Waals surface area (Å²) in [5.74, 6) is 0. The molecule has 0 amide bonds. The molecule has 1 aliphatic carbocycles. The quantitative estimate of drug-likeness (QED) is 0.665. The van der Waals surface area contributed by atoms with E-state index in [1.54, 1.807) is 3.88 Å². The normalized spacial score (nSPS) is 14.9. The van der Waals surface area contributed by atoms with E-state index in [1.165, 1.54) is 28.0 Å². The average molecular weight is 443 g/mol. The maximum Gasteiger partial charge on any atom is -0.0149 e. The number of hydrogen-bond acceptors (Lipinski definition) is 2. The number of nitrogens with one attached hydrogen (secondary N) is 1. The molecule has 0 heterocycles. The zero-order valence-corrected chi connectivity index (χ0v) is 20.0. The first-order chi connectivity index (χ1) is 13.1. The van der Waals surface area contributed by atoms with Gasteiger partial charge in [0.25, 0.3) is 0 Å². The monoisotopic (exact) mass is 442 g/mol. The number of rotatable bonds is 5. The van der Waals surface area contributed by atoms with Gasteiger partial charge in [-0.05, 0) is 11.0 Å². The van der Waals surface area contributed by atoms with E-state index in [1.807, 2.05) is 0 Å². The second-order valence-corrected chi connectivity index (χ2v) is 15.9. The van der Waals surface area contributed by atoms with Crippen LogP contribution in [0.1, 0.15) is 38.3 Å². The molecule has 0 aliphatic heterocycles. The van der Waals surface area contributed by atoms with E-state index in [4.69, 9.17) is 0 Å². The van der Waals surface area contributed by atoms with Gasteiger partial charge in [-0.25, -0.2) is 0 Å². The molecule has 0 saturated carbocycles. The van der Waals surface area contributed by atoms with Crippen molar-refractivity contribution in [2.24, 2.45) is 0 Å². The van der Waals surface area contributed by atoms with E-state index >= 15 is 0 Å². The van der Waals surface area contributed by atoms with Crippen LogP contribution < -0.4 is 3.80 Å². The van der Waals surface area contributed by atoms with Gasteiger partial charge in [0.1, 0.15) is 0 Å². The summed E-state index contributed by atoms with van der Waals surface area (Å²) in [6.07, 6.45) is 1.04. The van der Waals surface area contributed by atoms with Gasteiger partial charge in [0.15, 0.2) is 0 Å². The largest absolute Gasteiger partial charge is 0.0149 e. The topological polar surface area (TPSA) is 15.3 Å². The minimum atomic E-state index is -2.46. The Balaban J connectivity index is 0.00000300. The Labute approximate surface area is 185 Å². The van der Waals surface area contributed by atoms with Crippen molar-refractivity contribution in [1.82, 2.24) is 8.70 Å². The third-order valence-electron chi connectivity index (χ3n) is 5.29. The Morgan fingerprint density at radius 2 is 1.24 bits per heavy atom. The zero-order valence-electron chi connectivity index (χ0n) is 18.4. The van der Waals surface area contributed by atoms with Gasteiger partial charge in [-0.15, -0.1) is 0 Å². The molecule has 0 saturated heterocycles. The maximum atomic E-state index is 4.05. The molecule has 3 rings (SSSR count). The maximum absolute atomic E-state index is 4.05. The van der Waals surface area contributed by atoms with E-state index in [2.05, 4.69) is 115 Å². The van der Waals surface area contributed by atoms with Crippen molar-refractivity contribution in [3.8, 4) is 0 Å². The molecule has 1 aliphatic rings. The van der Waals surface area contributed by atoms with Crippen LogP contribution in [-0.2, 0) is 16.8 Å². The number of hydrogen-bond donors (Lipinski definition) is 1. The van der Waals surface area contributed by atoms with Gasteiger partial charge in [0, 0.05) is 0 Å². The fourth-order valence-corrected chi connectivity index (χ4v) is 9.92. The summed E-state index contributed by atoms with van der Waals surface area (Å²) in [5, 5.41) is 5.01. The van der Waals surface area contributed by atoms with Gasteiger partial charge >= 0.3 is 175 Å². The summed E-state index contributed by atoms with van der Waals surface area (Å²) in [6, 6.07) is 21.9. The van der Waals surface area contributed by atoms with Crippen molar-refractivity contribution < 1.29 is 16.8 Å². The van der Waals surface area contributed by atoms with Gasteiger partial charge in [-0.3, -0.25) is 0 Å². The predicted octanol–water partition coefficient (Wildman–Crippen LogP) is 4.88. The van der Waals surface area contributed by atoms with E-state index in [-0.39, 0.29) is 16.5 Å². The van der Waals surface area contributed by atoms with Crippen LogP contribution in [0.25, 0.3) is 11.1 Å². The summed E-state index contributed by atoms with van der Waals surface area (Å²) < 4.78 is 5.70. The fraction of sp³-hybridized carbons (Fsp3) is 0.360. The second-order valence-electron chi connectivity index (χ2n) is 9.48. The van der Waals surface area contributed by atoms with Crippen LogP contribution in [0.2, 0.25) is 10.5 Å². The molecule has 0 radical (unpaired) electrons. The summed E-state index contributed by atoms with van der Waals surface area (Å²) in [4.78, 5) is 2.31. The Hall–Kier alpha value is -1.39. The molecule has 29 heavy (non-hydrogen) atoms. The van der Waals surface area contributed by atoms with Crippen LogP contribution in [0.3, 0.4) is 0 Å². The van der Waals surface area contributed by atoms with E-state index in [0.717, 1.165) is 6.42 Å². The summed E-state index contributed by atoms with van der Waals surface area (Å²) >= 11 is -2.46. The van der Waals surface area contributed by atoms with Crippen molar-refractivity contribution in [1.29, 1.82) is 0 Å². The Kier molecular flexibility index (Phi) is 7.56. The van der Waals surface area contributed by atoms with Gasteiger partial charge < -0.3 is 0 Å². The Morgan fingerprint density at radius 3 is 1.66 bits per heavy atom. The minimum absolute atomic E-state index is 0. The molecule has 0 atom stereocenters. The van der Waals surface area contributed by atoms with Gasteiger partial charge in [-0.1, -0.05) is 0 Å². The molecule has 0 fully saturated rings. The van der Waals surface area contributed by atoms with Crippen molar-refractivity contribution in [2.75, 3.05) is 14.1 Å². The standard InChI is InChI=1S/C19H18N.C4H10N.2CH3.H4Si.Ti/c1-20(2)18-14-13-17(15-9-5-3-6-10-15)19(18)16-11-7-4-8-12-16;1-4(2,3)5;;;;/h3-12H,14H2,1-2H3;5H,1-3H3;2*1H3;1H4;/q;-1;;;;+1. The zero-order chi connectivity index (χ0) is 20.5. The number of allylic oxidation sites excluding steroid dienone is 3. The molecule has 0 unspecified atom stereocenters. The van der Waals surface area contributed by atoms with Crippen LogP contribution in [0.5, 0.6) is 0 Å². The molecular weight excluding hydrogens is 404 g/mol. The Morgan fingerprint density at radius 1 is 0.793 bits per heavy atom. The molecule has 0 bridgehead atoms. The number of benzene rings is 2. The smallest absolute Gasteiger partial charge is 0.0149 e. The predicted molar refractivity (Wildman–Crippen MR) is 131 cm³/mol. The second kappa shape index (κ2) is 9.18. The minimum Gasteiger partial charge on any atom is -0.0149 e. The van der Waals surface area contributed by atoms with Crippen molar-refractivity contribution in [3.05, 3.63) is 81.4 Å². The van der Waals surface area contributed by atoms with Crippen molar-refractivity contribution in [2.45, 2.75) is 43.2 Å². The first kappa shape index (κ1) is 23.9. The van der Waals surface area contributed by atoms with Crippen LogP contribution >= 0.6 is 0 Å². The van der Waals surface area contributed by atoms with Crippen LogP contribution in [0.15, 0.2) is 70.2 Å². The fourth-order valence-electron chi connectivity index (χ4n) is 4.41. The Bertz CT molecular complexity index is 891. The molecule has 2 aromatic rings. The molecule has 1 N–H and O–H groups in total. The molecule has 4 heteroatoms. The SMILES string of the molecule is CN(C)C1=C(c2ccccc2)C(c2ccccc2)=[C]([Ti]([CH3])([CH3])[NH]C(C)(C)C)C1.[SiH4].